The van der Waals surface area contributed by atoms with Crippen LogP contribution in [0.25, 0.3) is 0 Å². The summed E-state index contributed by atoms with van der Waals surface area (Å²) in [5.41, 5.74) is -0.272. The fourth-order valence-corrected chi connectivity index (χ4v) is 3.44. The summed E-state index contributed by atoms with van der Waals surface area (Å²) in [5, 5.41) is 0. The highest BCUT2D eigenvalue weighted by atomic mass is 19.1. The van der Waals surface area contributed by atoms with Crippen LogP contribution in [-0.2, 0) is 19.1 Å². The second-order valence-corrected chi connectivity index (χ2v) is 8.02. The topological polar surface area (TPSA) is 52.6 Å². The SMILES string of the molecule is CCCCCCCCCCCCOC(=O)CCCC(=O)OC(C)c1c(F)cccc1F. The second kappa shape index (κ2) is 16.7. The van der Waals surface area contributed by atoms with Gasteiger partial charge in [0.25, 0.3) is 0 Å². The van der Waals surface area contributed by atoms with Gasteiger partial charge in [-0.25, -0.2) is 8.78 Å². The molecule has 4 nitrogen and oxygen atoms in total. The third kappa shape index (κ3) is 12.5. The van der Waals surface area contributed by atoms with Crippen LogP contribution in [0.5, 0.6) is 0 Å². The molecule has 1 unspecified atom stereocenters. The number of ether oxygens (including phenoxy) is 2. The normalized spacial score (nSPS) is 11.9. The standard InChI is InChI=1S/C25H38F2O4/c1-3-4-5-6-7-8-9-10-11-12-19-30-23(28)17-14-18-24(29)31-20(2)25-21(26)15-13-16-22(25)27/h13,15-16,20H,3-12,14,17-19H2,1-2H3. The van der Waals surface area contributed by atoms with Crippen LogP contribution in [0.1, 0.15) is 109 Å². The van der Waals surface area contributed by atoms with Gasteiger partial charge in [0.2, 0.25) is 0 Å². The van der Waals surface area contributed by atoms with Gasteiger partial charge < -0.3 is 9.47 Å². The van der Waals surface area contributed by atoms with Gasteiger partial charge in [0.1, 0.15) is 17.7 Å². The van der Waals surface area contributed by atoms with Crippen LogP contribution in [-0.4, -0.2) is 18.5 Å². The Balaban J connectivity index is 2.03. The molecule has 1 aromatic rings. The van der Waals surface area contributed by atoms with Crippen LogP contribution < -0.4 is 0 Å². The van der Waals surface area contributed by atoms with Crippen molar-refractivity contribution in [1.29, 1.82) is 0 Å². The maximum atomic E-state index is 13.7. The lowest BCUT2D eigenvalue weighted by molar-refractivity contribution is -0.149. The highest BCUT2D eigenvalue weighted by Gasteiger charge is 2.19. The summed E-state index contributed by atoms with van der Waals surface area (Å²) in [4.78, 5) is 23.6. The first-order valence-corrected chi connectivity index (χ1v) is 11.7. The molecule has 0 fully saturated rings. The fraction of sp³-hybridized carbons (Fsp3) is 0.680. The van der Waals surface area contributed by atoms with Gasteiger partial charge in [0.05, 0.1) is 12.2 Å². The zero-order valence-electron chi connectivity index (χ0n) is 19.1. The molecule has 0 spiro atoms. The number of rotatable bonds is 17. The van der Waals surface area contributed by atoms with Gasteiger partial charge in [0.15, 0.2) is 0 Å². The molecule has 0 amide bonds. The van der Waals surface area contributed by atoms with Gasteiger partial charge in [-0.05, 0) is 31.9 Å². The van der Waals surface area contributed by atoms with Crippen molar-refractivity contribution >= 4 is 11.9 Å². The molecule has 0 saturated carbocycles. The van der Waals surface area contributed by atoms with E-state index in [1.54, 1.807) is 0 Å². The molecular formula is C25H38F2O4. The summed E-state index contributed by atoms with van der Waals surface area (Å²) in [6.45, 7) is 4.05. The molecule has 0 bridgehead atoms. The molecule has 1 atom stereocenters. The van der Waals surface area contributed by atoms with Crippen molar-refractivity contribution in [3.63, 3.8) is 0 Å². The molecule has 176 valence electrons. The second-order valence-electron chi connectivity index (χ2n) is 8.02. The predicted molar refractivity (Wildman–Crippen MR) is 118 cm³/mol. The van der Waals surface area contributed by atoms with E-state index in [1.807, 2.05) is 0 Å². The number of halogens is 2. The van der Waals surface area contributed by atoms with E-state index in [0.717, 1.165) is 31.4 Å². The van der Waals surface area contributed by atoms with Gasteiger partial charge in [-0.3, -0.25) is 9.59 Å². The maximum Gasteiger partial charge on any atom is 0.306 e. The Morgan fingerprint density at radius 3 is 1.90 bits per heavy atom. The van der Waals surface area contributed by atoms with Gasteiger partial charge in [-0.1, -0.05) is 70.8 Å². The minimum atomic E-state index is -1.03. The fourth-order valence-electron chi connectivity index (χ4n) is 3.44. The molecule has 0 radical (unpaired) electrons. The highest BCUT2D eigenvalue weighted by molar-refractivity contribution is 5.72. The minimum absolute atomic E-state index is 0.00618. The monoisotopic (exact) mass is 440 g/mol. The molecule has 1 aromatic carbocycles. The zero-order chi connectivity index (χ0) is 22.9. The lowest BCUT2D eigenvalue weighted by atomic mass is 10.1. The van der Waals surface area contributed by atoms with E-state index in [2.05, 4.69) is 6.92 Å². The lowest BCUT2D eigenvalue weighted by Crippen LogP contribution is -2.12. The molecular weight excluding hydrogens is 402 g/mol. The van der Waals surface area contributed by atoms with Crippen LogP contribution in [0, 0.1) is 11.6 Å². The summed E-state index contributed by atoms with van der Waals surface area (Å²) in [6, 6.07) is 3.49. The zero-order valence-corrected chi connectivity index (χ0v) is 19.1. The first-order valence-electron chi connectivity index (χ1n) is 11.7. The molecule has 31 heavy (non-hydrogen) atoms. The first-order chi connectivity index (χ1) is 15.0. The molecule has 0 aliphatic rings. The van der Waals surface area contributed by atoms with Crippen molar-refractivity contribution in [2.75, 3.05) is 6.61 Å². The van der Waals surface area contributed by atoms with Crippen LogP contribution in [0.4, 0.5) is 8.78 Å². The number of benzene rings is 1. The Morgan fingerprint density at radius 2 is 1.32 bits per heavy atom. The lowest BCUT2D eigenvalue weighted by Gasteiger charge is -2.15. The molecule has 0 aromatic heterocycles. The Bertz CT molecular complexity index is 628. The van der Waals surface area contributed by atoms with Crippen molar-refractivity contribution < 1.29 is 27.8 Å². The predicted octanol–water partition coefficient (Wildman–Crippen LogP) is 7.20. The number of unbranched alkanes of at least 4 members (excludes halogenated alkanes) is 9. The Labute approximate surface area is 185 Å². The highest BCUT2D eigenvalue weighted by Crippen LogP contribution is 2.24. The minimum Gasteiger partial charge on any atom is -0.466 e. The summed E-state index contributed by atoms with van der Waals surface area (Å²) >= 11 is 0. The van der Waals surface area contributed by atoms with E-state index in [4.69, 9.17) is 9.47 Å². The average molecular weight is 441 g/mol. The molecule has 6 heteroatoms. The summed E-state index contributed by atoms with van der Waals surface area (Å²) < 4.78 is 37.7. The van der Waals surface area contributed by atoms with E-state index in [9.17, 15) is 18.4 Å². The number of esters is 2. The van der Waals surface area contributed by atoms with Crippen LogP contribution >= 0.6 is 0 Å². The van der Waals surface area contributed by atoms with Crippen molar-refractivity contribution in [3.8, 4) is 0 Å². The van der Waals surface area contributed by atoms with Crippen molar-refractivity contribution in [3.05, 3.63) is 35.4 Å². The number of hydrogen-bond donors (Lipinski definition) is 0. The third-order valence-corrected chi connectivity index (χ3v) is 5.24. The van der Waals surface area contributed by atoms with Gasteiger partial charge in [-0.15, -0.1) is 0 Å². The molecule has 0 heterocycles. The largest absolute Gasteiger partial charge is 0.466 e. The van der Waals surface area contributed by atoms with Crippen molar-refractivity contribution in [2.45, 2.75) is 103 Å². The Kier molecular flexibility index (Phi) is 14.6. The van der Waals surface area contributed by atoms with Gasteiger partial charge in [0, 0.05) is 12.8 Å². The Hall–Kier alpha value is -1.98. The van der Waals surface area contributed by atoms with Crippen molar-refractivity contribution in [2.24, 2.45) is 0 Å². The van der Waals surface area contributed by atoms with E-state index in [0.29, 0.717) is 6.61 Å². The molecule has 1 rings (SSSR count). The number of hydrogen-bond acceptors (Lipinski definition) is 4. The first kappa shape index (κ1) is 27.1. The van der Waals surface area contributed by atoms with E-state index in [-0.39, 0.29) is 30.8 Å². The summed E-state index contributed by atoms with van der Waals surface area (Å²) in [5.74, 6) is -2.44. The van der Waals surface area contributed by atoms with Crippen molar-refractivity contribution in [1.82, 2.24) is 0 Å². The number of carbonyl (C=O) groups excluding carboxylic acids is 2. The third-order valence-electron chi connectivity index (χ3n) is 5.24. The average Bonchev–Trinajstić information content (AvgIpc) is 2.71. The quantitative estimate of drug-likeness (QED) is 0.190. The van der Waals surface area contributed by atoms with Gasteiger partial charge >= 0.3 is 11.9 Å². The smallest absolute Gasteiger partial charge is 0.306 e. The van der Waals surface area contributed by atoms with Crippen LogP contribution in [0.15, 0.2) is 18.2 Å². The molecule has 0 aliphatic heterocycles. The van der Waals surface area contributed by atoms with E-state index >= 15 is 0 Å². The Morgan fingerprint density at radius 1 is 0.806 bits per heavy atom. The molecule has 0 saturated heterocycles. The van der Waals surface area contributed by atoms with Crippen LogP contribution in [0.3, 0.4) is 0 Å². The molecule has 0 aliphatic carbocycles. The maximum absolute atomic E-state index is 13.7. The van der Waals surface area contributed by atoms with Gasteiger partial charge in [-0.2, -0.15) is 0 Å². The summed E-state index contributed by atoms with van der Waals surface area (Å²) in [7, 11) is 0. The molecule has 0 N–H and O–H groups in total. The summed E-state index contributed by atoms with van der Waals surface area (Å²) in [6.07, 6.45) is 11.5. The van der Waals surface area contributed by atoms with E-state index < -0.39 is 23.7 Å². The van der Waals surface area contributed by atoms with Crippen LogP contribution in [0.2, 0.25) is 0 Å². The van der Waals surface area contributed by atoms with E-state index in [1.165, 1.54) is 57.9 Å². The number of carbonyl (C=O) groups is 2.